The first-order valence-electron chi connectivity index (χ1n) is 7.85. The number of hydrogen-bond donors (Lipinski definition) is 1. The minimum atomic E-state index is 0.523. The first-order chi connectivity index (χ1) is 11.9. The molecule has 1 N–H and O–H groups in total. The molecule has 122 valence electrons. The number of morpholine rings is 1. The zero-order valence-electron chi connectivity index (χ0n) is 13.1. The summed E-state index contributed by atoms with van der Waals surface area (Å²) >= 11 is 0. The number of rotatable bonds is 4. The number of hydrogen-bond acceptors (Lipinski definition) is 8. The molecule has 4 heterocycles. The maximum absolute atomic E-state index is 5.42. The Bertz CT molecular complexity index is 821. The molecule has 8 heteroatoms. The molecule has 0 radical (unpaired) electrons. The van der Waals surface area contributed by atoms with Gasteiger partial charge in [-0.1, -0.05) is 6.07 Å². The van der Waals surface area contributed by atoms with Crippen LogP contribution >= 0.6 is 0 Å². The summed E-state index contributed by atoms with van der Waals surface area (Å²) in [5.41, 5.74) is 2.22. The van der Waals surface area contributed by atoms with Gasteiger partial charge in [0, 0.05) is 31.7 Å². The van der Waals surface area contributed by atoms with Gasteiger partial charge in [-0.25, -0.2) is 9.97 Å². The Balaban J connectivity index is 1.65. The number of fused-ring (bicyclic) bond motifs is 1. The molecule has 3 aromatic rings. The van der Waals surface area contributed by atoms with Gasteiger partial charge >= 0.3 is 0 Å². The first-order valence-corrected chi connectivity index (χ1v) is 7.85. The molecule has 0 amide bonds. The van der Waals surface area contributed by atoms with E-state index < -0.39 is 0 Å². The Morgan fingerprint density at radius 3 is 2.71 bits per heavy atom. The van der Waals surface area contributed by atoms with Gasteiger partial charge in [-0.05, 0) is 12.1 Å². The highest BCUT2D eigenvalue weighted by atomic mass is 16.5. The third kappa shape index (κ3) is 3.09. The molecule has 1 fully saturated rings. The van der Waals surface area contributed by atoms with Crippen LogP contribution in [0.5, 0.6) is 0 Å². The molecular weight excluding hydrogens is 306 g/mol. The summed E-state index contributed by atoms with van der Waals surface area (Å²) < 4.78 is 5.42. The van der Waals surface area contributed by atoms with Crippen LogP contribution in [0.1, 0.15) is 5.69 Å². The minimum absolute atomic E-state index is 0.523. The van der Waals surface area contributed by atoms with Gasteiger partial charge in [-0.2, -0.15) is 9.97 Å². The second-order valence-corrected chi connectivity index (χ2v) is 5.37. The molecule has 1 saturated heterocycles. The van der Waals surface area contributed by atoms with Crippen LogP contribution in [0.25, 0.3) is 11.2 Å². The van der Waals surface area contributed by atoms with Crippen LogP contribution in [-0.2, 0) is 11.3 Å². The smallest absolute Gasteiger partial charge is 0.227 e. The second kappa shape index (κ2) is 6.71. The lowest BCUT2D eigenvalue weighted by atomic mass is 10.3. The Morgan fingerprint density at radius 1 is 1.00 bits per heavy atom. The summed E-state index contributed by atoms with van der Waals surface area (Å²) in [6.07, 6.45) is 5.07. The molecule has 1 aliphatic heterocycles. The van der Waals surface area contributed by atoms with E-state index in [0.717, 1.165) is 24.6 Å². The van der Waals surface area contributed by atoms with Crippen molar-refractivity contribution in [3.05, 3.63) is 42.5 Å². The number of nitrogens with one attached hydrogen (secondary N) is 1. The SMILES string of the molecule is c1ccc(CNc2nc(N3CCOCC3)c3nccnc3n2)nc1. The molecule has 1 aliphatic rings. The molecule has 0 aliphatic carbocycles. The molecule has 8 nitrogen and oxygen atoms in total. The topological polar surface area (TPSA) is 89.0 Å². The summed E-state index contributed by atoms with van der Waals surface area (Å²) in [5.74, 6) is 1.31. The van der Waals surface area contributed by atoms with Crippen LogP contribution in [0.4, 0.5) is 11.8 Å². The number of anilines is 2. The van der Waals surface area contributed by atoms with Crippen molar-refractivity contribution in [1.82, 2.24) is 24.9 Å². The third-order valence-corrected chi connectivity index (χ3v) is 3.78. The summed E-state index contributed by atoms with van der Waals surface area (Å²) in [7, 11) is 0. The Hall–Kier alpha value is -2.87. The molecule has 0 unspecified atom stereocenters. The normalized spacial score (nSPS) is 14.8. The average molecular weight is 323 g/mol. The lowest BCUT2D eigenvalue weighted by Gasteiger charge is -2.28. The van der Waals surface area contributed by atoms with Gasteiger partial charge in [0.05, 0.1) is 25.5 Å². The van der Waals surface area contributed by atoms with Gasteiger partial charge in [0.15, 0.2) is 17.0 Å². The Labute approximate surface area is 139 Å². The molecule has 4 rings (SSSR count). The largest absolute Gasteiger partial charge is 0.378 e. The van der Waals surface area contributed by atoms with Crippen LogP contribution in [0.15, 0.2) is 36.8 Å². The fraction of sp³-hybridized carbons (Fsp3) is 0.312. The second-order valence-electron chi connectivity index (χ2n) is 5.37. The minimum Gasteiger partial charge on any atom is -0.378 e. The standard InChI is InChI=1S/C16H17N7O/c1-2-4-17-12(3-1)11-20-16-21-14-13(18-5-6-19-14)15(22-16)23-7-9-24-10-8-23/h1-6H,7-11H2,(H,19,20,21,22). The quantitative estimate of drug-likeness (QED) is 0.768. The van der Waals surface area contributed by atoms with Crippen molar-refractivity contribution in [2.45, 2.75) is 6.54 Å². The van der Waals surface area contributed by atoms with Gasteiger partial charge in [0.1, 0.15) is 0 Å². The number of ether oxygens (including phenoxy) is 1. The fourth-order valence-electron chi connectivity index (χ4n) is 2.60. The molecule has 3 aromatic heterocycles. The van der Waals surface area contributed by atoms with Gasteiger partial charge in [-0.15, -0.1) is 0 Å². The van der Waals surface area contributed by atoms with Gasteiger partial charge in [-0.3, -0.25) is 4.98 Å². The van der Waals surface area contributed by atoms with Crippen LogP contribution in [0.2, 0.25) is 0 Å². The van der Waals surface area contributed by atoms with Crippen LogP contribution in [0, 0.1) is 0 Å². The van der Waals surface area contributed by atoms with Crippen LogP contribution in [-0.4, -0.2) is 51.2 Å². The van der Waals surface area contributed by atoms with Crippen molar-refractivity contribution < 1.29 is 4.74 Å². The van der Waals surface area contributed by atoms with E-state index in [-0.39, 0.29) is 0 Å². The van der Waals surface area contributed by atoms with Gasteiger partial charge < -0.3 is 15.0 Å². The lowest BCUT2D eigenvalue weighted by molar-refractivity contribution is 0.122. The highest BCUT2D eigenvalue weighted by Crippen LogP contribution is 2.23. The zero-order valence-corrected chi connectivity index (χ0v) is 13.1. The van der Waals surface area contributed by atoms with Crippen molar-refractivity contribution >= 4 is 22.9 Å². The molecule has 24 heavy (non-hydrogen) atoms. The molecular formula is C16H17N7O. The zero-order chi connectivity index (χ0) is 16.2. The third-order valence-electron chi connectivity index (χ3n) is 3.78. The summed E-state index contributed by atoms with van der Waals surface area (Å²) in [5, 5.41) is 3.22. The van der Waals surface area contributed by atoms with E-state index in [0.29, 0.717) is 36.9 Å². The number of nitrogens with zero attached hydrogens (tertiary/aromatic N) is 6. The number of aromatic nitrogens is 5. The van der Waals surface area contributed by atoms with E-state index in [1.54, 1.807) is 18.6 Å². The van der Waals surface area contributed by atoms with E-state index in [4.69, 9.17) is 4.74 Å². The van der Waals surface area contributed by atoms with E-state index >= 15 is 0 Å². The van der Waals surface area contributed by atoms with E-state index in [1.165, 1.54) is 0 Å². The number of pyridine rings is 1. The molecule has 0 aromatic carbocycles. The summed E-state index contributed by atoms with van der Waals surface area (Å²) in [6, 6.07) is 5.80. The highest BCUT2D eigenvalue weighted by Gasteiger charge is 2.18. The van der Waals surface area contributed by atoms with Gasteiger partial charge in [0.25, 0.3) is 0 Å². The van der Waals surface area contributed by atoms with Gasteiger partial charge in [0.2, 0.25) is 5.95 Å². The van der Waals surface area contributed by atoms with E-state index in [1.807, 2.05) is 18.2 Å². The van der Waals surface area contributed by atoms with E-state index in [9.17, 15) is 0 Å². The maximum Gasteiger partial charge on any atom is 0.227 e. The molecule has 0 saturated carbocycles. The predicted octanol–water partition coefficient (Wildman–Crippen LogP) is 1.26. The average Bonchev–Trinajstić information content (AvgIpc) is 2.67. The summed E-state index contributed by atoms with van der Waals surface area (Å²) in [4.78, 5) is 24.3. The first kappa shape index (κ1) is 14.7. The molecule has 0 spiro atoms. The fourth-order valence-corrected chi connectivity index (χ4v) is 2.60. The van der Waals surface area contributed by atoms with Crippen molar-refractivity contribution in [2.24, 2.45) is 0 Å². The Kier molecular flexibility index (Phi) is 4.11. The summed E-state index contributed by atoms with van der Waals surface area (Å²) in [6.45, 7) is 3.48. The highest BCUT2D eigenvalue weighted by molar-refractivity contribution is 5.83. The van der Waals surface area contributed by atoms with Crippen LogP contribution in [0.3, 0.4) is 0 Å². The van der Waals surface area contributed by atoms with Crippen molar-refractivity contribution in [3.8, 4) is 0 Å². The monoisotopic (exact) mass is 323 g/mol. The molecule has 0 bridgehead atoms. The predicted molar refractivity (Wildman–Crippen MR) is 89.7 cm³/mol. The van der Waals surface area contributed by atoms with E-state index in [2.05, 4.69) is 35.1 Å². The maximum atomic E-state index is 5.42. The lowest BCUT2D eigenvalue weighted by Crippen LogP contribution is -2.37. The van der Waals surface area contributed by atoms with Crippen LogP contribution < -0.4 is 10.2 Å². The van der Waals surface area contributed by atoms with Crippen molar-refractivity contribution in [3.63, 3.8) is 0 Å². The van der Waals surface area contributed by atoms with Crippen molar-refractivity contribution in [1.29, 1.82) is 0 Å². The Morgan fingerprint density at radius 2 is 1.88 bits per heavy atom. The van der Waals surface area contributed by atoms with Crippen molar-refractivity contribution in [2.75, 3.05) is 36.5 Å². The molecule has 0 atom stereocenters.